The number of hydrogen-bond acceptors (Lipinski definition) is 3. The minimum absolute atomic E-state index is 0.103. The van der Waals surface area contributed by atoms with E-state index in [-0.39, 0.29) is 5.91 Å². The highest BCUT2D eigenvalue weighted by Gasteiger charge is 2.11. The van der Waals surface area contributed by atoms with Crippen LogP contribution in [0.25, 0.3) is 21.8 Å². The van der Waals surface area contributed by atoms with Gasteiger partial charge in [-0.15, -0.1) is 11.3 Å². The standard InChI is InChI=1S/C17H13N3OS/c21-17(19-10-13-4-2-8-22-13)14-9-12-6-5-11-3-1-7-18-15(11)16(12)20-14/h1-9,20H,10H2,(H,19,21). The van der Waals surface area contributed by atoms with Gasteiger partial charge in [-0.05, 0) is 23.6 Å². The van der Waals surface area contributed by atoms with Gasteiger partial charge in [0.05, 0.1) is 17.6 Å². The van der Waals surface area contributed by atoms with Gasteiger partial charge in [-0.3, -0.25) is 9.78 Å². The fourth-order valence-electron chi connectivity index (χ4n) is 2.54. The molecule has 4 nitrogen and oxygen atoms in total. The van der Waals surface area contributed by atoms with Gasteiger partial charge in [0.2, 0.25) is 0 Å². The minimum atomic E-state index is -0.103. The van der Waals surface area contributed by atoms with Crippen LogP contribution in [-0.4, -0.2) is 15.9 Å². The number of hydrogen-bond donors (Lipinski definition) is 2. The fraction of sp³-hybridized carbons (Fsp3) is 0.0588. The minimum Gasteiger partial charge on any atom is -0.349 e. The molecule has 0 spiro atoms. The predicted molar refractivity (Wildman–Crippen MR) is 89.1 cm³/mol. The molecule has 3 aromatic heterocycles. The Kier molecular flexibility index (Phi) is 3.12. The monoisotopic (exact) mass is 307 g/mol. The smallest absolute Gasteiger partial charge is 0.268 e. The first-order valence-corrected chi connectivity index (χ1v) is 7.86. The van der Waals surface area contributed by atoms with E-state index in [9.17, 15) is 4.79 Å². The maximum absolute atomic E-state index is 12.3. The van der Waals surface area contributed by atoms with Gasteiger partial charge in [-0.1, -0.05) is 24.3 Å². The number of thiophene rings is 1. The Balaban J connectivity index is 1.67. The van der Waals surface area contributed by atoms with E-state index in [4.69, 9.17) is 0 Å². The van der Waals surface area contributed by atoms with Gasteiger partial charge in [0.15, 0.2) is 0 Å². The highest BCUT2D eigenvalue weighted by molar-refractivity contribution is 7.09. The van der Waals surface area contributed by atoms with Crippen molar-refractivity contribution in [2.24, 2.45) is 0 Å². The molecular formula is C17H13N3OS. The second-order valence-corrected chi connectivity index (χ2v) is 6.08. The summed E-state index contributed by atoms with van der Waals surface area (Å²) in [5.74, 6) is -0.103. The van der Waals surface area contributed by atoms with Gasteiger partial charge >= 0.3 is 0 Å². The van der Waals surface area contributed by atoms with Crippen molar-refractivity contribution in [2.45, 2.75) is 6.54 Å². The van der Waals surface area contributed by atoms with Crippen LogP contribution in [0.1, 0.15) is 15.4 Å². The molecule has 0 saturated heterocycles. The van der Waals surface area contributed by atoms with Crippen molar-refractivity contribution in [3.05, 3.63) is 64.6 Å². The molecule has 0 fully saturated rings. The molecule has 2 N–H and O–H groups in total. The van der Waals surface area contributed by atoms with Crippen LogP contribution >= 0.6 is 11.3 Å². The Hall–Kier alpha value is -2.66. The predicted octanol–water partition coefficient (Wildman–Crippen LogP) is 3.71. The lowest BCUT2D eigenvalue weighted by Gasteiger charge is -2.01. The summed E-state index contributed by atoms with van der Waals surface area (Å²) in [7, 11) is 0. The molecule has 0 aliphatic rings. The Morgan fingerprint density at radius 2 is 2.09 bits per heavy atom. The molecule has 22 heavy (non-hydrogen) atoms. The number of aromatic nitrogens is 2. The second kappa shape index (κ2) is 5.27. The first kappa shape index (κ1) is 13.0. The van der Waals surface area contributed by atoms with Crippen LogP contribution in [-0.2, 0) is 6.54 Å². The summed E-state index contributed by atoms with van der Waals surface area (Å²) >= 11 is 1.63. The van der Waals surface area contributed by atoms with Crippen LogP contribution in [0.2, 0.25) is 0 Å². The molecule has 0 aliphatic carbocycles. The normalized spacial score (nSPS) is 11.1. The number of benzene rings is 1. The molecule has 4 rings (SSSR count). The molecule has 3 heterocycles. The van der Waals surface area contributed by atoms with Crippen LogP contribution in [0.4, 0.5) is 0 Å². The largest absolute Gasteiger partial charge is 0.349 e. The lowest BCUT2D eigenvalue weighted by Crippen LogP contribution is -2.22. The highest BCUT2D eigenvalue weighted by atomic mass is 32.1. The maximum atomic E-state index is 12.3. The fourth-order valence-corrected chi connectivity index (χ4v) is 3.18. The number of carbonyl (C=O) groups excluding carboxylic acids is 1. The number of H-pyrrole nitrogens is 1. The van der Waals surface area contributed by atoms with Crippen molar-refractivity contribution < 1.29 is 4.79 Å². The first-order chi connectivity index (χ1) is 10.8. The number of carbonyl (C=O) groups is 1. The lowest BCUT2D eigenvalue weighted by atomic mass is 10.1. The van der Waals surface area contributed by atoms with Crippen molar-refractivity contribution in [1.82, 2.24) is 15.3 Å². The molecule has 0 atom stereocenters. The van der Waals surface area contributed by atoms with Gasteiger partial charge in [0.25, 0.3) is 5.91 Å². The molecular weight excluding hydrogens is 294 g/mol. The molecule has 0 saturated carbocycles. The van der Waals surface area contributed by atoms with E-state index >= 15 is 0 Å². The molecule has 1 amide bonds. The average molecular weight is 307 g/mol. The number of nitrogens with zero attached hydrogens (tertiary/aromatic N) is 1. The topological polar surface area (TPSA) is 57.8 Å². The van der Waals surface area contributed by atoms with Crippen molar-refractivity contribution in [2.75, 3.05) is 0 Å². The number of aromatic amines is 1. The summed E-state index contributed by atoms with van der Waals surface area (Å²) < 4.78 is 0. The van der Waals surface area contributed by atoms with E-state index in [1.54, 1.807) is 17.5 Å². The van der Waals surface area contributed by atoms with Crippen LogP contribution in [0.5, 0.6) is 0 Å². The third-order valence-corrected chi connectivity index (χ3v) is 4.49. The average Bonchev–Trinajstić information content (AvgIpc) is 3.21. The zero-order valence-corrected chi connectivity index (χ0v) is 12.5. The SMILES string of the molecule is O=C(NCc1cccs1)c1cc2ccc3cccnc3c2[nH]1. The third-order valence-electron chi connectivity index (χ3n) is 3.61. The third kappa shape index (κ3) is 2.25. The van der Waals surface area contributed by atoms with E-state index in [0.717, 1.165) is 26.7 Å². The van der Waals surface area contributed by atoms with E-state index in [2.05, 4.69) is 15.3 Å². The summed E-state index contributed by atoms with van der Waals surface area (Å²) in [6.07, 6.45) is 1.76. The maximum Gasteiger partial charge on any atom is 0.268 e. The Morgan fingerprint density at radius 1 is 1.18 bits per heavy atom. The summed E-state index contributed by atoms with van der Waals surface area (Å²) in [6.45, 7) is 0.546. The zero-order valence-electron chi connectivity index (χ0n) is 11.7. The Bertz CT molecular complexity index is 957. The quantitative estimate of drug-likeness (QED) is 0.606. The molecule has 0 unspecified atom stereocenters. The zero-order chi connectivity index (χ0) is 14.9. The molecule has 0 radical (unpaired) electrons. The van der Waals surface area contributed by atoms with Gasteiger partial charge in [0, 0.05) is 21.8 Å². The van der Waals surface area contributed by atoms with E-state index < -0.39 is 0 Å². The number of pyridine rings is 1. The van der Waals surface area contributed by atoms with Gasteiger partial charge in [-0.25, -0.2) is 0 Å². The molecule has 0 aliphatic heterocycles. The summed E-state index contributed by atoms with van der Waals surface area (Å²) in [5, 5.41) is 6.98. The summed E-state index contributed by atoms with van der Waals surface area (Å²) in [4.78, 5) is 21.0. The molecule has 1 aromatic carbocycles. The highest BCUT2D eigenvalue weighted by Crippen LogP contribution is 2.23. The van der Waals surface area contributed by atoms with Crippen molar-refractivity contribution in [3.8, 4) is 0 Å². The van der Waals surface area contributed by atoms with Crippen molar-refractivity contribution in [1.29, 1.82) is 0 Å². The second-order valence-electron chi connectivity index (χ2n) is 5.05. The van der Waals surface area contributed by atoms with Crippen LogP contribution in [0.15, 0.2) is 54.0 Å². The molecule has 108 valence electrons. The molecule has 0 bridgehead atoms. The van der Waals surface area contributed by atoms with E-state index in [1.165, 1.54) is 0 Å². The summed E-state index contributed by atoms with van der Waals surface area (Å²) in [5.41, 5.74) is 2.35. The number of fused-ring (bicyclic) bond motifs is 3. The lowest BCUT2D eigenvalue weighted by molar-refractivity contribution is 0.0947. The first-order valence-electron chi connectivity index (χ1n) is 6.98. The van der Waals surface area contributed by atoms with E-state index in [0.29, 0.717) is 12.2 Å². The number of amides is 1. The Morgan fingerprint density at radius 3 is 2.95 bits per heavy atom. The van der Waals surface area contributed by atoms with Gasteiger partial charge in [0.1, 0.15) is 5.69 Å². The number of rotatable bonds is 3. The van der Waals surface area contributed by atoms with Crippen molar-refractivity contribution in [3.63, 3.8) is 0 Å². The number of nitrogens with one attached hydrogen (secondary N) is 2. The Labute approximate surface area is 130 Å². The van der Waals surface area contributed by atoms with Crippen LogP contribution in [0, 0.1) is 0 Å². The summed E-state index contributed by atoms with van der Waals surface area (Å²) in [6, 6.07) is 13.8. The van der Waals surface area contributed by atoms with Crippen molar-refractivity contribution >= 4 is 39.0 Å². The van der Waals surface area contributed by atoms with Gasteiger partial charge < -0.3 is 10.3 Å². The van der Waals surface area contributed by atoms with Gasteiger partial charge in [-0.2, -0.15) is 0 Å². The van der Waals surface area contributed by atoms with Crippen LogP contribution < -0.4 is 5.32 Å². The van der Waals surface area contributed by atoms with E-state index in [1.807, 2.05) is 47.8 Å². The molecule has 4 aromatic rings. The molecule has 5 heteroatoms. The van der Waals surface area contributed by atoms with Crippen LogP contribution in [0.3, 0.4) is 0 Å².